The maximum atomic E-state index is 13.5. The summed E-state index contributed by atoms with van der Waals surface area (Å²) in [6.07, 6.45) is 2.37. The van der Waals surface area contributed by atoms with Gasteiger partial charge in [-0.3, -0.25) is 14.6 Å². The number of nitrogens with one attached hydrogen (secondary N) is 1. The summed E-state index contributed by atoms with van der Waals surface area (Å²) in [5, 5.41) is 14.0. The number of phenolic OH excluding ortho intramolecular Hbond substituents is 1. The Hall–Kier alpha value is -3.15. The van der Waals surface area contributed by atoms with Gasteiger partial charge in [-0.1, -0.05) is 64.1 Å². The Morgan fingerprint density at radius 2 is 1.31 bits per heavy atom. The highest BCUT2D eigenvalue weighted by molar-refractivity contribution is 5.96. The zero-order chi connectivity index (χ0) is 24.9. The minimum absolute atomic E-state index is 0.0631. The largest absolute Gasteiger partial charge is 0.507 e. The van der Waals surface area contributed by atoms with Crippen LogP contribution >= 0.6 is 0 Å². The van der Waals surface area contributed by atoms with Crippen molar-refractivity contribution in [3.05, 3.63) is 87.2 Å². The van der Waals surface area contributed by atoms with E-state index in [2.05, 4.69) is 60.7 Å². The standard InChI is InChI=1S/C30H37N3O2/c1-5-32(6-2)19-25-14-21(15-26(29(25)34)20-33(7-3)8-4)13-24-18-31-28-17-23-12-10-9-11-22(23)16-27(28)30(24)35/h9-12,14-18,34H,5-8,13,19-20H2,1-4H3,(H,31,35). The topological polar surface area (TPSA) is 59.6 Å². The number of aromatic nitrogens is 1. The van der Waals surface area contributed by atoms with Gasteiger partial charge in [0.25, 0.3) is 0 Å². The zero-order valence-electron chi connectivity index (χ0n) is 21.4. The minimum Gasteiger partial charge on any atom is -0.507 e. The van der Waals surface area contributed by atoms with E-state index in [1.165, 1.54) is 0 Å². The average molecular weight is 472 g/mol. The Kier molecular flexibility index (Phi) is 7.89. The number of hydrogen-bond acceptors (Lipinski definition) is 4. The van der Waals surface area contributed by atoms with Crippen molar-refractivity contribution < 1.29 is 5.11 Å². The van der Waals surface area contributed by atoms with Gasteiger partial charge in [-0.05, 0) is 54.6 Å². The molecule has 4 rings (SSSR count). The van der Waals surface area contributed by atoms with E-state index in [9.17, 15) is 9.90 Å². The highest BCUT2D eigenvalue weighted by atomic mass is 16.3. The van der Waals surface area contributed by atoms with E-state index < -0.39 is 0 Å². The van der Waals surface area contributed by atoms with Crippen LogP contribution in [-0.4, -0.2) is 46.1 Å². The lowest BCUT2D eigenvalue weighted by atomic mass is 9.97. The number of hydrogen-bond donors (Lipinski definition) is 2. The summed E-state index contributed by atoms with van der Waals surface area (Å²) < 4.78 is 0. The van der Waals surface area contributed by atoms with Gasteiger partial charge in [-0.15, -0.1) is 0 Å². The zero-order valence-corrected chi connectivity index (χ0v) is 21.4. The highest BCUT2D eigenvalue weighted by Crippen LogP contribution is 2.29. The molecule has 35 heavy (non-hydrogen) atoms. The van der Waals surface area contributed by atoms with Gasteiger partial charge in [-0.25, -0.2) is 0 Å². The quantitative estimate of drug-likeness (QED) is 0.293. The van der Waals surface area contributed by atoms with Gasteiger partial charge in [0.2, 0.25) is 0 Å². The second-order valence-electron chi connectivity index (χ2n) is 9.25. The summed E-state index contributed by atoms with van der Waals surface area (Å²) in [6, 6.07) is 16.3. The first-order chi connectivity index (χ1) is 17.0. The first kappa shape index (κ1) is 25.0. The Bertz CT molecular complexity index is 1330. The molecule has 0 unspecified atom stereocenters. The average Bonchev–Trinajstić information content (AvgIpc) is 2.88. The fourth-order valence-electron chi connectivity index (χ4n) is 4.85. The van der Waals surface area contributed by atoms with Gasteiger partial charge in [0, 0.05) is 53.3 Å². The van der Waals surface area contributed by atoms with Crippen LogP contribution in [0, 0.1) is 0 Å². The lowest BCUT2D eigenvalue weighted by Crippen LogP contribution is -2.24. The normalized spacial score (nSPS) is 11.8. The monoisotopic (exact) mass is 471 g/mol. The molecule has 0 saturated heterocycles. The number of aromatic amines is 1. The summed E-state index contributed by atoms with van der Waals surface area (Å²) >= 11 is 0. The Morgan fingerprint density at radius 3 is 1.86 bits per heavy atom. The van der Waals surface area contributed by atoms with Crippen molar-refractivity contribution in [2.75, 3.05) is 26.2 Å². The third-order valence-corrected chi connectivity index (χ3v) is 7.12. The SMILES string of the molecule is CCN(CC)Cc1cc(Cc2c[nH]c3cc4ccccc4cc3c2=O)cc(CN(CC)CC)c1O. The van der Waals surface area contributed by atoms with Crippen molar-refractivity contribution >= 4 is 21.7 Å². The van der Waals surface area contributed by atoms with Crippen LogP contribution in [0.3, 0.4) is 0 Å². The molecule has 184 valence electrons. The van der Waals surface area contributed by atoms with Crippen LogP contribution in [0.15, 0.2) is 59.5 Å². The van der Waals surface area contributed by atoms with Gasteiger partial charge in [0.15, 0.2) is 5.43 Å². The molecule has 3 aromatic carbocycles. The molecular formula is C30H37N3O2. The van der Waals surface area contributed by atoms with Crippen LogP contribution in [0.4, 0.5) is 0 Å². The summed E-state index contributed by atoms with van der Waals surface area (Å²) in [6.45, 7) is 13.6. The van der Waals surface area contributed by atoms with E-state index in [1.54, 1.807) is 0 Å². The maximum absolute atomic E-state index is 13.5. The van der Waals surface area contributed by atoms with Crippen molar-refractivity contribution in [2.24, 2.45) is 0 Å². The molecule has 0 aliphatic rings. The van der Waals surface area contributed by atoms with Crippen LogP contribution in [0.1, 0.15) is 49.9 Å². The van der Waals surface area contributed by atoms with E-state index >= 15 is 0 Å². The second kappa shape index (κ2) is 11.1. The van der Waals surface area contributed by atoms with E-state index in [4.69, 9.17) is 0 Å². The number of benzene rings is 3. The Balaban J connectivity index is 1.75. The Morgan fingerprint density at radius 1 is 0.771 bits per heavy atom. The number of nitrogens with zero attached hydrogens (tertiary/aromatic N) is 2. The number of phenols is 1. The summed E-state index contributed by atoms with van der Waals surface area (Å²) in [5.74, 6) is 0.381. The molecule has 0 bridgehead atoms. The van der Waals surface area contributed by atoms with Crippen LogP contribution < -0.4 is 5.43 Å². The molecule has 5 nitrogen and oxygen atoms in total. The molecule has 5 heteroatoms. The molecular weight excluding hydrogens is 434 g/mol. The predicted octanol–water partition coefficient (Wildman–Crippen LogP) is 5.66. The molecule has 2 N–H and O–H groups in total. The fraction of sp³-hybridized carbons (Fsp3) is 0.367. The molecule has 4 aromatic rings. The van der Waals surface area contributed by atoms with Gasteiger partial charge >= 0.3 is 0 Å². The number of rotatable bonds is 10. The molecule has 0 saturated carbocycles. The predicted molar refractivity (Wildman–Crippen MR) is 146 cm³/mol. The third kappa shape index (κ3) is 5.42. The molecule has 0 aliphatic heterocycles. The van der Waals surface area contributed by atoms with Gasteiger partial charge in [0.1, 0.15) is 5.75 Å². The van der Waals surface area contributed by atoms with Crippen molar-refractivity contribution in [3.63, 3.8) is 0 Å². The van der Waals surface area contributed by atoms with Crippen LogP contribution in [0.2, 0.25) is 0 Å². The first-order valence-corrected chi connectivity index (χ1v) is 12.8. The number of H-pyrrole nitrogens is 1. The summed E-state index contributed by atoms with van der Waals surface area (Å²) in [5.41, 5.74) is 4.56. The summed E-state index contributed by atoms with van der Waals surface area (Å²) in [4.78, 5) is 21.4. The lowest BCUT2D eigenvalue weighted by Gasteiger charge is -2.23. The minimum atomic E-state index is 0.0631. The van der Waals surface area contributed by atoms with Gasteiger partial charge < -0.3 is 10.1 Å². The molecule has 0 fully saturated rings. The molecule has 1 aromatic heterocycles. The Labute approximate surface area is 208 Å². The van der Waals surface area contributed by atoms with Gasteiger partial charge in [-0.2, -0.15) is 0 Å². The van der Waals surface area contributed by atoms with E-state index in [-0.39, 0.29) is 5.43 Å². The van der Waals surface area contributed by atoms with Gasteiger partial charge in [0.05, 0.1) is 0 Å². The lowest BCUT2D eigenvalue weighted by molar-refractivity contribution is 0.281. The number of fused-ring (bicyclic) bond motifs is 2. The van der Waals surface area contributed by atoms with E-state index in [0.29, 0.717) is 30.6 Å². The molecule has 0 atom stereocenters. The molecule has 0 amide bonds. The molecule has 0 radical (unpaired) electrons. The van der Waals surface area contributed by atoms with Crippen LogP contribution in [-0.2, 0) is 19.5 Å². The third-order valence-electron chi connectivity index (χ3n) is 7.12. The number of aromatic hydroxyl groups is 1. The number of pyridine rings is 1. The van der Waals surface area contributed by atoms with Crippen LogP contribution in [0.25, 0.3) is 21.7 Å². The van der Waals surface area contributed by atoms with Crippen molar-refractivity contribution in [3.8, 4) is 5.75 Å². The van der Waals surface area contributed by atoms with Crippen molar-refractivity contribution in [2.45, 2.75) is 47.2 Å². The van der Waals surface area contributed by atoms with Crippen molar-refractivity contribution in [1.82, 2.24) is 14.8 Å². The smallest absolute Gasteiger partial charge is 0.192 e. The molecule has 0 spiro atoms. The second-order valence-corrected chi connectivity index (χ2v) is 9.25. The summed E-state index contributed by atoms with van der Waals surface area (Å²) in [7, 11) is 0. The van der Waals surface area contributed by atoms with Crippen molar-refractivity contribution in [1.29, 1.82) is 0 Å². The first-order valence-electron chi connectivity index (χ1n) is 12.8. The highest BCUT2D eigenvalue weighted by Gasteiger charge is 2.16. The molecule has 1 heterocycles. The van der Waals surface area contributed by atoms with E-state index in [0.717, 1.165) is 64.7 Å². The maximum Gasteiger partial charge on any atom is 0.192 e. The fourth-order valence-corrected chi connectivity index (χ4v) is 4.85. The van der Waals surface area contributed by atoms with E-state index in [1.807, 2.05) is 36.5 Å². The molecule has 0 aliphatic carbocycles. The van der Waals surface area contributed by atoms with Crippen LogP contribution in [0.5, 0.6) is 5.75 Å².